The lowest BCUT2D eigenvalue weighted by Crippen LogP contribution is -2.37. The largest absolute Gasteiger partial charge is 0.357 e. The maximum Gasteiger partial charge on any atom is 0.163 e. The second kappa shape index (κ2) is 7.64. The van der Waals surface area contributed by atoms with Crippen molar-refractivity contribution in [2.24, 2.45) is 7.05 Å². The Hall–Kier alpha value is -2.47. The van der Waals surface area contributed by atoms with Crippen LogP contribution in [0.1, 0.15) is 24.2 Å². The molecule has 0 bridgehead atoms. The lowest BCUT2D eigenvalue weighted by atomic mass is 10.1. The summed E-state index contributed by atoms with van der Waals surface area (Å²) in [5.74, 6) is 1.88. The van der Waals surface area contributed by atoms with E-state index in [0.717, 1.165) is 42.1 Å². The fraction of sp³-hybridized carbons (Fsp3) is 0.476. The van der Waals surface area contributed by atoms with Crippen molar-refractivity contribution in [2.45, 2.75) is 31.7 Å². The summed E-state index contributed by atoms with van der Waals surface area (Å²) in [5.41, 5.74) is 2.23. The van der Waals surface area contributed by atoms with E-state index < -0.39 is 0 Å². The van der Waals surface area contributed by atoms with Gasteiger partial charge >= 0.3 is 0 Å². The molecule has 4 rings (SSSR count). The zero-order valence-corrected chi connectivity index (χ0v) is 16.5. The SMILES string of the molecule is CN(C[C@H]1CCCN1C)c1nc(CCc2ccccc2)nc2c1cnn2C. The molecule has 1 aromatic carbocycles. The van der Waals surface area contributed by atoms with Crippen LogP contribution < -0.4 is 4.90 Å². The summed E-state index contributed by atoms with van der Waals surface area (Å²) in [4.78, 5) is 14.5. The summed E-state index contributed by atoms with van der Waals surface area (Å²) in [7, 11) is 6.31. The maximum absolute atomic E-state index is 4.94. The highest BCUT2D eigenvalue weighted by Crippen LogP contribution is 2.25. The molecular formula is C21H28N6. The highest BCUT2D eigenvalue weighted by atomic mass is 15.3. The van der Waals surface area contributed by atoms with Gasteiger partial charge in [-0.05, 0) is 38.4 Å². The standard InChI is InChI=1S/C21H28N6/c1-25-13-7-10-17(25)15-26(2)20-18-14-22-27(3)21(18)24-19(23-20)12-11-16-8-5-4-6-9-16/h4-6,8-9,14,17H,7,10-13,15H2,1-3H3/t17-/m1/s1. The third-order valence-electron chi connectivity index (χ3n) is 5.62. The highest BCUT2D eigenvalue weighted by molar-refractivity contribution is 5.86. The summed E-state index contributed by atoms with van der Waals surface area (Å²) in [5, 5.41) is 5.45. The highest BCUT2D eigenvalue weighted by Gasteiger charge is 2.24. The van der Waals surface area contributed by atoms with E-state index in [9.17, 15) is 0 Å². The number of hydrogen-bond donors (Lipinski definition) is 0. The van der Waals surface area contributed by atoms with Crippen LogP contribution in [0, 0.1) is 0 Å². The van der Waals surface area contributed by atoms with E-state index in [-0.39, 0.29) is 0 Å². The molecule has 0 N–H and O–H groups in total. The molecule has 6 nitrogen and oxygen atoms in total. The van der Waals surface area contributed by atoms with Crippen molar-refractivity contribution in [3.8, 4) is 0 Å². The number of likely N-dealkylation sites (N-methyl/N-ethyl adjacent to an activating group) is 2. The number of likely N-dealkylation sites (tertiary alicyclic amines) is 1. The summed E-state index contributed by atoms with van der Waals surface area (Å²) in [6.45, 7) is 2.17. The Labute approximate surface area is 160 Å². The van der Waals surface area contributed by atoms with Crippen LogP contribution in [-0.2, 0) is 19.9 Å². The van der Waals surface area contributed by atoms with Gasteiger partial charge in [0.25, 0.3) is 0 Å². The lowest BCUT2D eigenvalue weighted by molar-refractivity contribution is 0.314. The van der Waals surface area contributed by atoms with Crippen LogP contribution in [0.2, 0.25) is 0 Å². The van der Waals surface area contributed by atoms with Gasteiger partial charge in [-0.25, -0.2) is 9.97 Å². The number of fused-ring (bicyclic) bond motifs is 1. The zero-order valence-electron chi connectivity index (χ0n) is 16.5. The molecule has 0 spiro atoms. The van der Waals surface area contributed by atoms with Crippen molar-refractivity contribution in [1.82, 2.24) is 24.6 Å². The Morgan fingerprint density at radius 1 is 1.11 bits per heavy atom. The van der Waals surface area contributed by atoms with Crippen LogP contribution in [0.5, 0.6) is 0 Å². The molecule has 0 saturated carbocycles. The molecule has 3 heterocycles. The van der Waals surface area contributed by atoms with E-state index in [4.69, 9.17) is 9.97 Å². The molecule has 1 aliphatic rings. The van der Waals surface area contributed by atoms with Gasteiger partial charge in [-0.1, -0.05) is 30.3 Å². The molecule has 1 atom stereocenters. The van der Waals surface area contributed by atoms with Crippen molar-refractivity contribution in [1.29, 1.82) is 0 Å². The molecule has 27 heavy (non-hydrogen) atoms. The van der Waals surface area contributed by atoms with Gasteiger partial charge in [-0.2, -0.15) is 5.10 Å². The number of aromatic nitrogens is 4. The Balaban J connectivity index is 1.60. The molecule has 142 valence electrons. The first-order valence-corrected chi connectivity index (χ1v) is 9.76. The lowest BCUT2D eigenvalue weighted by Gasteiger charge is -2.27. The third kappa shape index (κ3) is 3.81. The minimum atomic E-state index is 0.587. The molecule has 0 unspecified atom stereocenters. The van der Waals surface area contributed by atoms with Crippen LogP contribution >= 0.6 is 0 Å². The number of anilines is 1. The van der Waals surface area contributed by atoms with Gasteiger partial charge in [0.1, 0.15) is 11.6 Å². The number of hydrogen-bond acceptors (Lipinski definition) is 5. The van der Waals surface area contributed by atoms with Crippen molar-refractivity contribution in [3.63, 3.8) is 0 Å². The molecule has 6 heteroatoms. The quantitative estimate of drug-likeness (QED) is 0.673. The van der Waals surface area contributed by atoms with E-state index in [1.54, 1.807) is 0 Å². The molecule has 0 aliphatic carbocycles. The smallest absolute Gasteiger partial charge is 0.163 e. The Kier molecular flexibility index (Phi) is 5.07. The van der Waals surface area contributed by atoms with Gasteiger partial charge in [-0.3, -0.25) is 4.68 Å². The maximum atomic E-state index is 4.94. The van der Waals surface area contributed by atoms with Crippen molar-refractivity contribution >= 4 is 16.9 Å². The average molecular weight is 364 g/mol. The normalized spacial score (nSPS) is 17.7. The number of aryl methyl sites for hydroxylation is 3. The molecule has 1 aliphatic heterocycles. The molecule has 3 aromatic rings. The van der Waals surface area contributed by atoms with Crippen molar-refractivity contribution < 1.29 is 0 Å². The molecule has 0 amide bonds. The Morgan fingerprint density at radius 2 is 1.93 bits per heavy atom. The van der Waals surface area contributed by atoms with Gasteiger partial charge in [-0.15, -0.1) is 0 Å². The summed E-state index contributed by atoms with van der Waals surface area (Å²) in [6, 6.07) is 11.1. The molecular weight excluding hydrogens is 336 g/mol. The minimum absolute atomic E-state index is 0.587. The summed E-state index contributed by atoms with van der Waals surface area (Å²) >= 11 is 0. The molecule has 2 aromatic heterocycles. The van der Waals surface area contributed by atoms with Crippen molar-refractivity contribution in [2.75, 3.05) is 32.1 Å². The van der Waals surface area contributed by atoms with Gasteiger partial charge in [0.15, 0.2) is 5.65 Å². The Morgan fingerprint density at radius 3 is 2.67 bits per heavy atom. The minimum Gasteiger partial charge on any atom is -0.357 e. The molecule has 1 saturated heterocycles. The second-order valence-electron chi connectivity index (χ2n) is 7.61. The predicted octanol–water partition coefficient (Wildman–Crippen LogP) is 2.68. The number of benzene rings is 1. The topological polar surface area (TPSA) is 50.1 Å². The summed E-state index contributed by atoms with van der Waals surface area (Å²) in [6.07, 6.45) is 6.20. The zero-order chi connectivity index (χ0) is 18.8. The number of rotatable bonds is 6. The van der Waals surface area contributed by atoms with E-state index in [1.165, 1.54) is 24.9 Å². The van der Waals surface area contributed by atoms with Crippen LogP contribution in [0.15, 0.2) is 36.5 Å². The first-order chi connectivity index (χ1) is 13.1. The number of nitrogens with zero attached hydrogens (tertiary/aromatic N) is 6. The van der Waals surface area contributed by atoms with E-state index in [0.29, 0.717) is 6.04 Å². The van der Waals surface area contributed by atoms with Crippen LogP contribution in [-0.4, -0.2) is 57.9 Å². The Bertz CT molecular complexity index is 904. The first-order valence-electron chi connectivity index (χ1n) is 9.76. The fourth-order valence-electron chi connectivity index (χ4n) is 3.97. The van der Waals surface area contributed by atoms with Crippen LogP contribution in [0.4, 0.5) is 5.82 Å². The summed E-state index contributed by atoms with van der Waals surface area (Å²) < 4.78 is 1.85. The van der Waals surface area contributed by atoms with Gasteiger partial charge < -0.3 is 9.80 Å². The van der Waals surface area contributed by atoms with Gasteiger partial charge in [0.2, 0.25) is 0 Å². The second-order valence-corrected chi connectivity index (χ2v) is 7.61. The first kappa shape index (κ1) is 17.9. The fourth-order valence-corrected chi connectivity index (χ4v) is 3.97. The predicted molar refractivity (Wildman–Crippen MR) is 109 cm³/mol. The van der Waals surface area contributed by atoms with E-state index in [1.807, 2.05) is 17.9 Å². The monoisotopic (exact) mass is 364 g/mol. The van der Waals surface area contributed by atoms with Gasteiger partial charge in [0, 0.05) is 33.1 Å². The molecule has 0 radical (unpaired) electrons. The third-order valence-corrected chi connectivity index (χ3v) is 5.62. The van der Waals surface area contributed by atoms with E-state index >= 15 is 0 Å². The van der Waals surface area contributed by atoms with Gasteiger partial charge in [0.05, 0.1) is 11.6 Å². The van der Waals surface area contributed by atoms with E-state index in [2.05, 4.69) is 59.3 Å². The van der Waals surface area contributed by atoms with Crippen LogP contribution in [0.25, 0.3) is 11.0 Å². The van der Waals surface area contributed by atoms with Crippen molar-refractivity contribution in [3.05, 3.63) is 47.9 Å². The van der Waals surface area contributed by atoms with Crippen LogP contribution in [0.3, 0.4) is 0 Å². The molecule has 1 fully saturated rings. The average Bonchev–Trinajstić information content (AvgIpc) is 3.26.